The zero-order valence-electron chi connectivity index (χ0n) is 11.7. The molecule has 2 N–H and O–H groups in total. The lowest BCUT2D eigenvalue weighted by Gasteiger charge is -2.30. The second-order valence-electron chi connectivity index (χ2n) is 5.27. The molecule has 1 fully saturated rings. The van der Waals surface area contributed by atoms with Crippen molar-refractivity contribution < 1.29 is 0 Å². The smallest absolute Gasteiger partial charge is 0.245 e. The Bertz CT molecular complexity index is 609. The number of anilines is 1. The van der Waals surface area contributed by atoms with Crippen molar-refractivity contribution >= 4 is 21.9 Å². The van der Waals surface area contributed by atoms with Gasteiger partial charge in [-0.25, -0.2) is 0 Å². The van der Waals surface area contributed by atoms with Crippen molar-refractivity contribution in [3.05, 3.63) is 28.2 Å². The molecule has 0 amide bonds. The molecule has 0 unspecified atom stereocenters. The first-order valence-electron chi connectivity index (χ1n) is 6.81. The van der Waals surface area contributed by atoms with E-state index in [1.807, 2.05) is 6.07 Å². The molecule has 0 radical (unpaired) electrons. The van der Waals surface area contributed by atoms with E-state index in [4.69, 9.17) is 0 Å². The minimum absolute atomic E-state index is 0.469. The third kappa shape index (κ3) is 2.71. The topological polar surface area (TPSA) is 56.8 Å². The summed E-state index contributed by atoms with van der Waals surface area (Å²) < 4.78 is 1.03. The number of aromatic amines is 1. The van der Waals surface area contributed by atoms with Crippen LogP contribution >= 0.6 is 15.9 Å². The van der Waals surface area contributed by atoms with Crippen LogP contribution in [0.1, 0.15) is 12.5 Å². The third-order valence-corrected chi connectivity index (χ3v) is 4.19. The fraction of sp³-hybridized carbons (Fsp3) is 0.429. The summed E-state index contributed by atoms with van der Waals surface area (Å²) in [5.41, 5.74) is 2.25. The second-order valence-corrected chi connectivity index (χ2v) is 6.12. The van der Waals surface area contributed by atoms with Crippen LogP contribution in [-0.4, -0.2) is 40.9 Å². The van der Waals surface area contributed by atoms with Gasteiger partial charge in [-0.1, -0.05) is 27.6 Å². The van der Waals surface area contributed by atoms with Gasteiger partial charge in [0, 0.05) is 35.7 Å². The van der Waals surface area contributed by atoms with Crippen LogP contribution in [0.4, 0.5) is 5.95 Å². The fourth-order valence-electron chi connectivity index (χ4n) is 2.45. The van der Waals surface area contributed by atoms with Crippen LogP contribution in [0.3, 0.4) is 0 Å². The highest BCUT2D eigenvalue weighted by Crippen LogP contribution is 2.27. The van der Waals surface area contributed by atoms with Crippen LogP contribution in [0.5, 0.6) is 0 Å². The van der Waals surface area contributed by atoms with E-state index in [0.29, 0.717) is 6.04 Å². The standard InChI is InChI=1S/C14H18BrN5/c1-9-3-4-12(15)11(7-9)13-17-14(19-18-13)20-6-5-16-10(2)8-20/h3-4,7,10,16H,5-6,8H2,1-2H3,(H,17,18,19)/t10-/m0/s1. The number of nitrogens with one attached hydrogen (secondary N) is 2. The first kappa shape index (κ1) is 13.6. The molecule has 1 saturated heterocycles. The summed E-state index contributed by atoms with van der Waals surface area (Å²) in [4.78, 5) is 6.86. The van der Waals surface area contributed by atoms with Gasteiger partial charge in [0.05, 0.1) is 0 Å². The molecule has 3 rings (SSSR count). The maximum absolute atomic E-state index is 4.64. The van der Waals surface area contributed by atoms with Crippen LogP contribution in [0, 0.1) is 6.92 Å². The molecule has 0 aliphatic carbocycles. The Kier molecular flexibility index (Phi) is 3.76. The number of rotatable bonds is 2. The Balaban J connectivity index is 1.88. The highest BCUT2D eigenvalue weighted by Gasteiger charge is 2.20. The van der Waals surface area contributed by atoms with Crippen molar-refractivity contribution in [2.45, 2.75) is 19.9 Å². The summed E-state index contributed by atoms with van der Waals surface area (Å²) in [5, 5.41) is 10.8. The van der Waals surface area contributed by atoms with E-state index < -0.39 is 0 Å². The van der Waals surface area contributed by atoms with E-state index in [-0.39, 0.29) is 0 Å². The van der Waals surface area contributed by atoms with Crippen LogP contribution in [0.2, 0.25) is 0 Å². The molecule has 20 heavy (non-hydrogen) atoms. The predicted molar refractivity (Wildman–Crippen MR) is 83.9 cm³/mol. The fourth-order valence-corrected chi connectivity index (χ4v) is 2.88. The van der Waals surface area contributed by atoms with Crippen molar-refractivity contribution in [1.82, 2.24) is 20.5 Å². The highest BCUT2D eigenvalue weighted by atomic mass is 79.9. The van der Waals surface area contributed by atoms with Gasteiger partial charge >= 0.3 is 0 Å². The molecule has 0 saturated carbocycles. The van der Waals surface area contributed by atoms with E-state index in [1.54, 1.807) is 0 Å². The number of piperazine rings is 1. The Labute approximate surface area is 126 Å². The Morgan fingerprint density at radius 1 is 1.40 bits per heavy atom. The maximum Gasteiger partial charge on any atom is 0.245 e. The number of H-pyrrole nitrogens is 1. The van der Waals surface area contributed by atoms with E-state index in [9.17, 15) is 0 Å². The molecule has 1 atom stereocenters. The molecule has 2 heterocycles. The monoisotopic (exact) mass is 335 g/mol. The second kappa shape index (κ2) is 5.54. The zero-order valence-corrected chi connectivity index (χ0v) is 13.2. The minimum atomic E-state index is 0.469. The van der Waals surface area contributed by atoms with Crippen LogP contribution in [0.25, 0.3) is 11.4 Å². The van der Waals surface area contributed by atoms with Crippen molar-refractivity contribution in [3.63, 3.8) is 0 Å². The number of aryl methyl sites for hydroxylation is 1. The van der Waals surface area contributed by atoms with E-state index >= 15 is 0 Å². The molecule has 1 aliphatic heterocycles. The van der Waals surface area contributed by atoms with Crippen molar-refractivity contribution in [3.8, 4) is 11.4 Å². The average Bonchev–Trinajstić information content (AvgIpc) is 2.91. The molecule has 0 spiro atoms. The van der Waals surface area contributed by atoms with Crippen LogP contribution < -0.4 is 10.2 Å². The third-order valence-electron chi connectivity index (χ3n) is 3.50. The summed E-state index contributed by atoms with van der Waals surface area (Å²) in [6.07, 6.45) is 0. The first-order chi connectivity index (χ1) is 9.63. The zero-order chi connectivity index (χ0) is 14.1. The number of hydrogen-bond donors (Lipinski definition) is 2. The van der Waals surface area contributed by atoms with Gasteiger partial charge < -0.3 is 10.2 Å². The molecule has 5 nitrogen and oxygen atoms in total. The summed E-state index contributed by atoms with van der Waals surface area (Å²) in [6, 6.07) is 6.69. The van der Waals surface area contributed by atoms with Gasteiger partial charge in [0.1, 0.15) is 0 Å². The lowest BCUT2D eigenvalue weighted by Crippen LogP contribution is -2.49. The lowest BCUT2D eigenvalue weighted by atomic mass is 10.1. The quantitative estimate of drug-likeness (QED) is 0.884. The summed E-state index contributed by atoms with van der Waals surface area (Å²) >= 11 is 3.57. The maximum atomic E-state index is 4.64. The molecule has 1 aliphatic rings. The van der Waals surface area contributed by atoms with Gasteiger partial charge in [-0.3, -0.25) is 5.10 Å². The average molecular weight is 336 g/mol. The molecular weight excluding hydrogens is 318 g/mol. The van der Waals surface area contributed by atoms with E-state index in [1.165, 1.54) is 5.56 Å². The van der Waals surface area contributed by atoms with Gasteiger partial charge in [0.15, 0.2) is 5.82 Å². The van der Waals surface area contributed by atoms with Gasteiger partial charge in [-0.05, 0) is 26.0 Å². The SMILES string of the molecule is Cc1ccc(Br)c(-c2nc(N3CCN[C@@H](C)C3)n[nH]2)c1. The molecule has 6 heteroatoms. The Morgan fingerprint density at radius 2 is 2.25 bits per heavy atom. The normalized spacial score (nSPS) is 19.4. The Hall–Kier alpha value is -1.40. The molecule has 2 aromatic rings. The predicted octanol–water partition coefficient (Wildman–Crippen LogP) is 2.34. The highest BCUT2D eigenvalue weighted by molar-refractivity contribution is 9.10. The molecule has 106 valence electrons. The minimum Gasteiger partial charge on any atom is -0.337 e. The van der Waals surface area contributed by atoms with Crippen molar-refractivity contribution in [2.75, 3.05) is 24.5 Å². The molecular formula is C14H18BrN5. The molecule has 0 bridgehead atoms. The van der Waals surface area contributed by atoms with Gasteiger partial charge in [-0.15, -0.1) is 5.10 Å². The van der Waals surface area contributed by atoms with Gasteiger partial charge in [-0.2, -0.15) is 4.98 Å². The molecule has 1 aromatic heterocycles. The summed E-state index contributed by atoms with van der Waals surface area (Å²) in [6.45, 7) is 7.10. The van der Waals surface area contributed by atoms with Crippen molar-refractivity contribution in [1.29, 1.82) is 0 Å². The molecule has 1 aromatic carbocycles. The van der Waals surface area contributed by atoms with Crippen LogP contribution in [-0.2, 0) is 0 Å². The summed E-state index contributed by atoms with van der Waals surface area (Å²) in [5.74, 6) is 1.59. The lowest BCUT2D eigenvalue weighted by molar-refractivity contribution is 0.480. The van der Waals surface area contributed by atoms with E-state index in [0.717, 1.165) is 41.4 Å². The van der Waals surface area contributed by atoms with Crippen molar-refractivity contribution in [2.24, 2.45) is 0 Å². The van der Waals surface area contributed by atoms with E-state index in [2.05, 4.69) is 67.3 Å². The number of benzene rings is 1. The largest absolute Gasteiger partial charge is 0.337 e. The van der Waals surface area contributed by atoms with Crippen LogP contribution in [0.15, 0.2) is 22.7 Å². The number of aromatic nitrogens is 3. The first-order valence-corrected chi connectivity index (χ1v) is 7.60. The van der Waals surface area contributed by atoms with Gasteiger partial charge in [0.25, 0.3) is 0 Å². The summed E-state index contributed by atoms with van der Waals surface area (Å²) in [7, 11) is 0. The number of nitrogens with zero attached hydrogens (tertiary/aromatic N) is 3. The number of halogens is 1. The Morgan fingerprint density at radius 3 is 3.05 bits per heavy atom. The number of hydrogen-bond acceptors (Lipinski definition) is 4. The van der Waals surface area contributed by atoms with Gasteiger partial charge in [0.2, 0.25) is 5.95 Å².